The summed E-state index contributed by atoms with van der Waals surface area (Å²) in [6.45, 7) is 3.23. The summed E-state index contributed by atoms with van der Waals surface area (Å²) in [5.41, 5.74) is 1.92. The Labute approximate surface area is 137 Å². The highest BCUT2D eigenvalue weighted by Gasteiger charge is 2.23. The second-order valence-electron chi connectivity index (χ2n) is 5.75. The highest BCUT2D eigenvalue weighted by Crippen LogP contribution is 2.30. The Morgan fingerprint density at radius 1 is 1.32 bits per heavy atom. The average molecular weight is 323 g/mol. The predicted molar refractivity (Wildman–Crippen MR) is 89.8 cm³/mol. The highest BCUT2D eigenvalue weighted by atomic mass is 35.5. The molecule has 1 aliphatic carbocycles. The number of nitrogens with one attached hydrogen (secondary N) is 2. The third kappa shape index (κ3) is 4.75. The number of hydrogen-bond donors (Lipinski definition) is 2. The highest BCUT2D eigenvalue weighted by molar-refractivity contribution is 5.97. The second-order valence-corrected chi connectivity index (χ2v) is 5.75. The van der Waals surface area contributed by atoms with Gasteiger partial charge >= 0.3 is 0 Å². The number of para-hydroxylation sites is 1. The Morgan fingerprint density at radius 3 is 2.86 bits per heavy atom. The fourth-order valence-corrected chi connectivity index (χ4v) is 2.39. The molecule has 22 heavy (non-hydrogen) atoms. The number of carbonyl (C=O) groups excluding carboxylic acids is 1. The molecule has 5 heteroatoms. The van der Waals surface area contributed by atoms with Gasteiger partial charge in [0.1, 0.15) is 5.75 Å². The first-order valence-electron chi connectivity index (χ1n) is 7.71. The van der Waals surface area contributed by atoms with Crippen LogP contribution in [-0.4, -0.2) is 32.1 Å². The van der Waals surface area contributed by atoms with E-state index in [2.05, 4.69) is 16.7 Å². The summed E-state index contributed by atoms with van der Waals surface area (Å²) in [6.07, 6.45) is 5.65. The summed E-state index contributed by atoms with van der Waals surface area (Å²) in [5.74, 6) is 1.32. The van der Waals surface area contributed by atoms with Crippen molar-refractivity contribution < 1.29 is 9.53 Å². The van der Waals surface area contributed by atoms with Crippen LogP contribution in [0.15, 0.2) is 35.9 Å². The normalized spacial score (nSPS) is 17.2. The number of hydrogen-bond acceptors (Lipinski definition) is 3. The van der Waals surface area contributed by atoms with Crippen LogP contribution in [0.25, 0.3) is 0 Å². The van der Waals surface area contributed by atoms with Crippen LogP contribution in [0.1, 0.15) is 29.6 Å². The van der Waals surface area contributed by atoms with Crippen molar-refractivity contribution in [3.8, 4) is 5.75 Å². The van der Waals surface area contributed by atoms with E-state index < -0.39 is 0 Å². The molecule has 3 rings (SSSR count). The van der Waals surface area contributed by atoms with Crippen molar-refractivity contribution in [3.05, 3.63) is 41.5 Å². The maximum atomic E-state index is 12.3. The summed E-state index contributed by atoms with van der Waals surface area (Å²) in [6, 6.07) is 7.49. The Hall–Kier alpha value is -1.52. The lowest BCUT2D eigenvalue weighted by Crippen LogP contribution is -2.29. The van der Waals surface area contributed by atoms with E-state index in [9.17, 15) is 4.79 Å². The Bertz CT molecular complexity index is 541. The van der Waals surface area contributed by atoms with Crippen LogP contribution in [0.4, 0.5) is 0 Å². The van der Waals surface area contributed by atoms with Gasteiger partial charge in [-0.1, -0.05) is 23.8 Å². The lowest BCUT2D eigenvalue weighted by molar-refractivity contribution is 0.0952. The van der Waals surface area contributed by atoms with Gasteiger partial charge in [-0.05, 0) is 43.9 Å². The van der Waals surface area contributed by atoms with E-state index in [1.54, 1.807) is 0 Å². The lowest BCUT2D eigenvalue weighted by atomic mass is 10.1. The van der Waals surface area contributed by atoms with Crippen molar-refractivity contribution in [1.29, 1.82) is 0 Å². The van der Waals surface area contributed by atoms with Crippen LogP contribution >= 0.6 is 12.4 Å². The van der Waals surface area contributed by atoms with Crippen LogP contribution in [-0.2, 0) is 0 Å². The molecule has 0 unspecified atom stereocenters. The molecule has 1 saturated carbocycles. The van der Waals surface area contributed by atoms with E-state index in [4.69, 9.17) is 4.74 Å². The summed E-state index contributed by atoms with van der Waals surface area (Å²) in [4.78, 5) is 12.3. The zero-order valence-corrected chi connectivity index (χ0v) is 13.5. The Morgan fingerprint density at radius 2 is 2.14 bits per heavy atom. The molecular formula is C17H23ClN2O2. The third-order valence-electron chi connectivity index (χ3n) is 3.94. The fraction of sp³-hybridized carbons (Fsp3) is 0.471. The number of ether oxygens (including phenoxy) is 1. The van der Waals surface area contributed by atoms with Crippen LogP contribution in [0.5, 0.6) is 5.75 Å². The minimum Gasteiger partial charge on any atom is -0.492 e. The standard InChI is InChI=1S/C17H22N2O2.ClH/c20-17(19-11-13-7-9-18-10-8-13)15-3-1-2-4-16(15)21-12-14-5-6-14;/h1-4,7,14,18H,5-6,8-12H2,(H,19,20);1H. The molecule has 0 saturated heterocycles. The first-order valence-corrected chi connectivity index (χ1v) is 7.71. The van der Waals surface area contributed by atoms with Crippen molar-refractivity contribution in [2.24, 2.45) is 5.92 Å². The van der Waals surface area contributed by atoms with Gasteiger partial charge < -0.3 is 15.4 Å². The summed E-state index contributed by atoms with van der Waals surface area (Å²) in [7, 11) is 0. The Balaban J connectivity index is 0.00000176. The van der Waals surface area contributed by atoms with Gasteiger partial charge in [0.25, 0.3) is 5.91 Å². The maximum Gasteiger partial charge on any atom is 0.255 e. The van der Waals surface area contributed by atoms with Crippen molar-refractivity contribution in [3.63, 3.8) is 0 Å². The molecular weight excluding hydrogens is 300 g/mol. The SMILES string of the molecule is Cl.O=C(NCC1=CCNCC1)c1ccccc1OCC1CC1. The van der Waals surface area contributed by atoms with Crippen LogP contribution in [0.2, 0.25) is 0 Å². The summed E-state index contributed by atoms with van der Waals surface area (Å²) in [5, 5.41) is 6.26. The number of halogens is 1. The first-order chi connectivity index (χ1) is 10.3. The van der Waals surface area contributed by atoms with Crippen LogP contribution < -0.4 is 15.4 Å². The van der Waals surface area contributed by atoms with E-state index in [1.807, 2.05) is 24.3 Å². The first kappa shape index (κ1) is 16.8. The second kappa shape index (κ2) is 8.20. The molecule has 1 amide bonds. The number of carbonyl (C=O) groups is 1. The summed E-state index contributed by atoms with van der Waals surface area (Å²) < 4.78 is 5.79. The molecule has 0 bridgehead atoms. The molecule has 1 aromatic rings. The zero-order valence-electron chi connectivity index (χ0n) is 12.6. The van der Waals surface area contributed by atoms with E-state index in [0.717, 1.165) is 26.1 Å². The monoisotopic (exact) mass is 322 g/mol. The van der Waals surface area contributed by atoms with Crippen molar-refractivity contribution in [2.45, 2.75) is 19.3 Å². The van der Waals surface area contributed by atoms with Gasteiger partial charge in [-0.2, -0.15) is 0 Å². The molecule has 4 nitrogen and oxygen atoms in total. The van der Waals surface area contributed by atoms with Gasteiger partial charge in [0.2, 0.25) is 0 Å². The van der Waals surface area contributed by atoms with Crippen molar-refractivity contribution in [1.82, 2.24) is 10.6 Å². The van der Waals surface area contributed by atoms with E-state index >= 15 is 0 Å². The number of benzene rings is 1. The fourth-order valence-electron chi connectivity index (χ4n) is 2.39. The molecule has 1 fully saturated rings. The Kier molecular flexibility index (Phi) is 6.28. The van der Waals surface area contributed by atoms with Crippen molar-refractivity contribution >= 4 is 18.3 Å². The zero-order chi connectivity index (χ0) is 14.5. The molecule has 0 atom stereocenters. The van der Waals surface area contributed by atoms with Gasteiger partial charge in [0.05, 0.1) is 12.2 Å². The smallest absolute Gasteiger partial charge is 0.255 e. The number of rotatable bonds is 6. The topological polar surface area (TPSA) is 50.4 Å². The minimum atomic E-state index is -0.0548. The largest absolute Gasteiger partial charge is 0.492 e. The van der Waals surface area contributed by atoms with Crippen LogP contribution in [0.3, 0.4) is 0 Å². The molecule has 0 aromatic heterocycles. The van der Waals surface area contributed by atoms with Gasteiger partial charge in [0, 0.05) is 13.1 Å². The minimum absolute atomic E-state index is 0. The molecule has 0 radical (unpaired) electrons. The van der Waals surface area contributed by atoms with E-state index in [1.165, 1.54) is 18.4 Å². The van der Waals surface area contributed by atoms with Crippen molar-refractivity contribution in [2.75, 3.05) is 26.2 Å². The molecule has 2 N–H and O–H groups in total. The lowest BCUT2D eigenvalue weighted by Gasteiger charge is -2.15. The van der Waals surface area contributed by atoms with Gasteiger partial charge in [0.15, 0.2) is 0 Å². The molecule has 120 valence electrons. The van der Waals surface area contributed by atoms with Gasteiger partial charge in [-0.15, -0.1) is 12.4 Å². The van der Waals surface area contributed by atoms with Gasteiger partial charge in [-0.25, -0.2) is 0 Å². The predicted octanol–water partition coefficient (Wildman–Crippen LogP) is 2.55. The van der Waals surface area contributed by atoms with Crippen LogP contribution in [0, 0.1) is 5.92 Å². The maximum absolute atomic E-state index is 12.3. The quantitative estimate of drug-likeness (QED) is 0.791. The molecule has 1 aromatic carbocycles. The third-order valence-corrected chi connectivity index (χ3v) is 3.94. The molecule has 2 aliphatic rings. The molecule has 1 heterocycles. The van der Waals surface area contributed by atoms with E-state index in [0.29, 0.717) is 23.8 Å². The average Bonchev–Trinajstić information content (AvgIpc) is 3.36. The summed E-state index contributed by atoms with van der Waals surface area (Å²) >= 11 is 0. The van der Waals surface area contributed by atoms with E-state index in [-0.39, 0.29) is 18.3 Å². The molecule has 1 aliphatic heterocycles. The number of amides is 1. The molecule has 0 spiro atoms. The van der Waals surface area contributed by atoms with Gasteiger partial charge in [-0.3, -0.25) is 4.79 Å².